The van der Waals surface area contributed by atoms with Crippen LogP contribution in [-0.4, -0.2) is 26.3 Å². The van der Waals surface area contributed by atoms with Gasteiger partial charge in [0, 0.05) is 13.2 Å². The third-order valence-electron chi connectivity index (χ3n) is 3.45. The van der Waals surface area contributed by atoms with Crippen molar-refractivity contribution < 1.29 is 12.7 Å². The molecule has 0 unspecified atom stereocenters. The molecule has 0 saturated carbocycles. The van der Waals surface area contributed by atoms with E-state index >= 15 is 0 Å². The Morgan fingerprint density at radius 3 is 2.57 bits per heavy atom. The Morgan fingerprint density at radius 1 is 1.36 bits per heavy atom. The van der Waals surface area contributed by atoms with Crippen molar-refractivity contribution in [1.82, 2.24) is 10.5 Å². The normalized spacial score (nSPS) is 11.6. The Hall–Kier alpha value is -2.27. The van der Waals surface area contributed by atoms with Crippen LogP contribution in [0.15, 0.2) is 40.5 Å². The molecular formula is C13H21N9O3S3. The van der Waals surface area contributed by atoms with Crippen molar-refractivity contribution in [3.8, 4) is 11.1 Å². The van der Waals surface area contributed by atoms with E-state index in [-0.39, 0.29) is 41.3 Å². The molecule has 0 spiro atoms. The lowest BCUT2D eigenvalue weighted by atomic mass is 9.98. The molecule has 0 amide bonds. The van der Waals surface area contributed by atoms with Gasteiger partial charge in [0.2, 0.25) is 10.0 Å². The van der Waals surface area contributed by atoms with E-state index in [1.807, 2.05) is 0 Å². The van der Waals surface area contributed by atoms with Crippen LogP contribution in [0.5, 0.6) is 0 Å². The van der Waals surface area contributed by atoms with Gasteiger partial charge in [0.15, 0.2) is 5.84 Å². The van der Waals surface area contributed by atoms with Crippen LogP contribution in [0.4, 0.5) is 11.5 Å². The number of amidine groups is 1. The van der Waals surface area contributed by atoms with E-state index < -0.39 is 10.0 Å². The highest BCUT2D eigenvalue weighted by atomic mass is 32.2. The maximum absolute atomic E-state index is 12.1. The number of hydrazone groups is 1. The number of nitrogen functional groups attached to an aromatic ring is 1. The molecule has 2 rings (SSSR count). The van der Waals surface area contributed by atoms with E-state index in [1.54, 1.807) is 12.1 Å². The minimum atomic E-state index is -4.13. The summed E-state index contributed by atoms with van der Waals surface area (Å²) < 4.78 is 30.1. The van der Waals surface area contributed by atoms with Crippen LogP contribution in [0.1, 0.15) is 5.56 Å². The fraction of sp³-hybridized carbons (Fsp3) is 0.0769. The fourth-order valence-corrected chi connectivity index (χ4v) is 3.67. The third kappa shape index (κ3) is 5.16. The van der Waals surface area contributed by atoms with Crippen molar-refractivity contribution >= 4 is 53.1 Å². The molecule has 0 aliphatic carbocycles. The van der Waals surface area contributed by atoms with Crippen LogP contribution in [0.3, 0.4) is 0 Å². The zero-order chi connectivity index (χ0) is 20.2. The monoisotopic (exact) mass is 447 g/mol. The summed E-state index contributed by atoms with van der Waals surface area (Å²) in [5.41, 5.74) is 15.3. The number of nitrogens with zero attached hydrogens (tertiary/aromatic N) is 3. The van der Waals surface area contributed by atoms with Crippen LogP contribution >= 0.6 is 25.7 Å². The standard InChI is InChI=1S/C13H19N9O3S2.H2S/c1-22(26-25-17)12-9(27(18,23)24)3-2-8(11(12)13(15)20-21-16)7-4-5-19-10(14)6-7;/h2-6,21H,16-17H2,1H3,(H2,14,19)(H2,15,20)(H2,18,23,24);1H2. The lowest BCUT2D eigenvalue weighted by molar-refractivity contribution is 0.397. The van der Waals surface area contributed by atoms with Crippen molar-refractivity contribution in [2.75, 3.05) is 17.1 Å². The number of anilines is 2. The lowest BCUT2D eigenvalue weighted by Gasteiger charge is -2.24. The molecule has 2 aromatic rings. The minimum Gasteiger partial charge on any atom is -0.384 e. The summed E-state index contributed by atoms with van der Waals surface area (Å²) in [5, 5.41) is 9.12. The summed E-state index contributed by atoms with van der Waals surface area (Å²) >= 11 is 0.663. The smallest absolute Gasteiger partial charge is 0.240 e. The number of sulfonamides is 1. The van der Waals surface area contributed by atoms with Gasteiger partial charge in [-0.25, -0.2) is 40.1 Å². The van der Waals surface area contributed by atoms with Crippen molar-refractivity contribution in [2.45, 2.75) is 4.90 Å². The van der Waals surface area contributed by atoms with Gasteiger partial charge in [-0.15, -0.1) is 5.10 Å². The first kappa shape index (κ1) is 23.8. The zero-order valence-electron chi connectivity index (χ0n) is 14.7. The molecule has 0 saturated heterocycles. The first-order chi connectivity index (χ1) is 12.7. The first-order valence-corrected chi connectivity index (χ1v) is 9.43. The quantitative estimate of drug-likeness (QED) is 0.0760. The molecule has 0 fully saturated rings. The molecule has 1 heterocycles. The Morgan fingerprint density at radius 2 is 2.04 bits per heavy atom. The second kappa shape index (κ2) is 9.78. The maximum atomic E-state index is 12.1. The van der Waals surface area contributed by atoms with Gasteiger partial charge in [0.25, 0.3) is 0 Å². The van der Waals surface area contributed by atoms with Crippen molar-refractivity contribution in [1.29, 1.82) is 0 Å². The maximum Gasteiger partial charge on any atom is 0.240 e. The first-order valence-electron chi connectivity index (χ1n) is 7.18. The predicted octanol–water partition coefficient (Wildman–Crippen LogP) is -0.936. The summed E-state index contributed by atoms with van der Waals surface area (Å²) in [4.78, 5) is 3.72. The highest BCUT2D eigenvalue weighted by molar-refractivity contribution is 7.96. The summed E-state index contributed by atoms with van der Waals surface area (Å²) in [6.07, 6.45) is 1.50. The Balaban J connectivity index is 0.00000392. The van der Waals surface area contributed by atoms with Crippen LogP contribution < -0.4 is 38.2 Å². The number of hydrazine groups is 1. The van der Waals surface area contributed by atoms with Gasteiger partial charge in [-0.3, -0.25) is 4.31 Å². The highest BCUT2D eigenvalue weighted by Gasteiger charge is 2.26. The second-order valence-electron chi connectivity index (χ2n) is 5.14. The average Bonchev–Trinajstić information content (AvgIpc) is 2.60. The minimum absolute atomic E-state index is 0. The molecule has 0 radical (unpaired) electrons. The van der Waals surface area contributed by atoms with E-state index in [4.69, 9.17) is 28.3 Å². The molecule has 11 N–H and O–H groups in total. The molecule has 154 valence electrons. The number of nitrogens with one attached hydrogen (secondary N) is 1. The Bertz CT molecular complexity index is 969. The number of primary sulfonamides is 1. The van der Waals surface area contributed by atoms with Crippen molar-refractivity contribution in [2.24, 2.45) is 27.7 Å². The van der Waals surface area contributed by atoms with Crippen LogP contribution in [0, 0.1) is 0 Å². The molecule has 1 aromatic carbocycles. The van der Waals surface area contributed by atoms with Gasteiger partial charge in [-0.1, -0.05) is 6.07 Å². The van der Waals surface area contributed by atoms with Gasteiger partial charge in [0.1, 0.15) is 22.9 Å². The topological polar surface area (TPSA) is 214 Å². The van der Waals surface area contributed by atoms with Crippen LogP contribution in [0.2, 0.25) is 0 Å². The largest absolute Gasteiger partial charge is 0.384 e. The van der Waals surface area contributed by atoms with Gasteiger partial charge < -0.3 is 11.5 Å². The number of nitrogens with two attached hydrogens (primary N) is 5. The Kier molecular flexibility index (Phi) is 8.30. The van der Waals surface area contributed by atoms with Gasteiger partial charge in [-0.05, 0) is 29.3 Å². The molecule has 0 bridgehead atoms. The summed E-state index contributed by atoms with van der Waals surface area (Å²) in [6, 6.07) is 6.12. The third-order valence-corrected chi connectivity index (χ3v) is 4.89. The number of pyridine rings is 1. The second-order valence-corrected chi connectivity index (χ2v) is 7.56. The van der Waals surface area contributed by atoms with Crippen molar-refractivity contribution in [3.05, 3.63) is 36.0 Å². The van der Waals surface area contributed by atoms with Gasteiger partial charge in [-0.2, -0.15) is 13.5 Å². The molecule has 12 nitrogen and oxygen atoms in total. The summed E-state index contributed by atoms with van der Waals surface area (Å²) in [5.74, 6) is 10.5. The summed E-state index contributed by atoms with van der Waals surface area (Å²) in [6.45, 7) is 0. The van der Waals surface area contributed by atoms with E-state index in [0.29, 0.717) is 23.4 Å². The Labute approximate surface area is 173 Å². The van der Waals surface area contributed by atoms with E-state index in [2.05, 4.69) is 19.9 Å². The van der Waals surface area contributed by atoms with E-state index in [9.17, 15) is 8.42 Å². The number of benzene rings is 1. The number of aromatic nitrogens is 1. The highest BCUT2D eigenvalue weighted by Crippen LogP contribution is 2.38. The van der Waals surface area contributed by atoms with Crippen molar-refractivity contribution in [3.63, 3.8) is 0 Å². The lowest BCUT2D eigenvalue weighted by Crippen LogP contribution is -2.27. The fourth-order valence-electron chi connectivity index (χ4n) is 2.46. The molecule has 1 aromatic heterocycles. The van der Waals surface area contributed by atoms with Gasteiger partial charge in [0.05, 0.1) is 11.3 Å². The molecule has 15 heteroatoms. The molecular weight excluding hydrogens is 426 g/mol. The average molecular weight is 448 g/mol. The predicted molar refractivity (Wildman–Crippen MR) is 115 cm³/mol. The molecule has 28 heavy (non-hydrogen) atoms. The zero-order valence-corrected chi connectivity index (χ0v) is 17.3. The number of hydrogen-bond acceptors (Lipinski definition) is 11. The van der Waals surface area contributed by atoms with Crippen LogP contribution in [0.25, 0.3) is 11.1 Å². The number of hydrogen-bond donors (Lipinski definition) is 6. The van der Waals surface area contributed by atoms with Crippen LogP contribution in [-0.2, 0) is 14.3 Å². The molecule has 0 aliphatic heterocycles. The SMILES string of the molecule is CN(SON)c1c(S(N)(=O)=O)ccc(-c2ccnc(N)c2)c1/C(N)=N/NN.S. The molecule has 0 atom stereocenters. The van der Waals surface area contributed by atoms with Gasteiger partial charge >= 0.3 is 0 Å². The van der Waals surface area contributed by atoms with E-state index in [1.165, 1.54) is 29.7 Å². The van der Waals surface area contributed by atoms with E-state index in [0.717, 1.165) is 0 Å². The number of rotatable bonds is 7. The summed E-state index contributed by atoms with van der Waals surface area (Å²) in [7, 11) is -2.61. The molecule has 0 aliphatic rings.